The van der Waals surface area contributed by atoms with E-state index >= 15 is 0 Å². The van der Waals surface area contributed by atoms with Crippen molar-refractivity contribution < 1.29 is 28.5 Å². The number of nitrogens with one attached hydrogen (secondary N) is 1. The zero-order valence-corrected chi connectivity index (χ0v) is 25.5. The highest BCUT2D eigenvalue weighted by atomic mass is 16.5. The second kappa shape index (κ2) is 13.5. The van der Waals surface area contributed by atoms with E-state index < -0.39 is 12.0 Å². The van der Waals surface area contributed by atoms with Gasteiger partial charge in [0.25, 0.3) is 5.91 Å². The van der Waals surface area contributed by atoms with Crippen molar-refractivity contribution in [1.82, 2.24) is 10.2 Å². The Morgan fingerprint density at radius 2 is 1.57 bits per heavy atom. The first-order chi connectivity index (χ1) is 20.3. The molecule has 0 spiro atoms. The summed E-state index contributed by atoms with van der Waals surface area (Å²) in [7, 11) is 7.90. The lowest BCUT2D eigenvalue weighted by Gasteiger charge is -2.40. The molecule has 0 fully saturated rings. The van der Waals surface area contributed by atoms with Gasteiger partial charge < -0.3 is 34.1 Å². The predicted octanol–water partition coefficient (Wildman–Crippen LogP) is 4.97. The number of amides is 2. The molecule has 3 aromatic rings. The van der Waals surface area contributed by atoms with Crippen LogP contribution in [0.1, 0.15) is 52.4 Å². The summed E-state index contributed by atoms with van der Waals surface area (Å²) in [5.41, 5.74) is 4.12. The number of nitrogens with zero attached hydrogens (tertiary/aromatic N) is 2. The summed E-state index contributed by atoms with van der Waals surface area (Å²) in [4.78, 5) is 31.6. The maximum Gasteiger partial charge on any atom is 0.254 e. The van der Waals surface area contributed by atoms with E-state index in [2.05, 4.69) is 48.3 Å². The highest BCUT2D eigenvalue weighted by Gasteiger charge is 2.43. The number of hydrogen-bond donors (Lipinski definition) is 1. The van der Waals surface area contributed by atoms with E-state index in [-0.39, 0.29) is 11.8 Å². The van der Waals surface area contributed by atoms with Crippen LogP contribution in [-0.2, 0) is 4.79 Å². The Balaban J connectivity index is 1.66. The summed E-state index contributed by atoms with van der Waals surface area (Å²) in [6, 6.07) is 16.7. The molecule has 1 aliphatic rings. The van der Waals surface area contributed by atoms with Crippen LogP contribution in [0, 0.1) is 6.92 Å². The number of carbonyl (C=O) groups is 2. The number of anilines is 1. The van der Waals surface area contributed by atoms with E-state index in [0.717, 1.165) is 25.1 Å². The molecule has 0 aliphatic carbocycles. The van der Waals surface area contributed by atoms with Crippen molar-refractivity contribution in [3.05, 3.63) is 76.9 Å². The van der Waals surface area contributed by atoms with Crippen molar-refractivity contribution in [3.63, 3.8) is 0 Å². The molecule has 9 heteroatoms. The summed E-state index contributed by atoms with van der Waals surface area (Å²) in [6.07, 6.45) is 0.759. The molecule has 2 atom stereocenters. The van der Waals surface area contributed by atoms with Crippen LogP contribution in [-0.4, -0.2) is 71.8 Å². The highest BCUT2D eigenvalue weighted by Crippen LogP contribution is 2.46. The predicted molar refractivity (Wildman–Crippen MR) is 163 cm³/mol. The molecule has 0 saturated heterocycles. The molecule has 2 amide bonds. The maximum absolute atomic E-state index is 14.1. The molecule has 0 saturated carbocycles. The topological polar surface area (TPSA) is 89.6 Å². The molecule has 0 unspecified atom stereocenters. The van der Waals surface area contributed by atoms with Crippen molar-refractivity contribution in [2.24, 2.45) is 0 Å². The number of aryl methyl sites for hydroxylation is 1. The monoisotopic (exact) mass is 575 g/mol. The van der Waals surface area contributed by atoms with Gasteiger partial charge in [-0.05, 0) is 73.4 Å². The van der Waals surface area contributed by atoms with Gasteiger partial charge in [0.2, 0.25) is 5.91 Å². The zero-order chi connectivity index (χ0) is 30.4. The van der Waals surface area contributed by atoms with E-state index in [1.165, 1.54) is 25.5 Å². The number of carbonyl (C=O) groups excluding carboxylic acids is 2. The zero-order valence-electron chi connectivity index (χ0n) is 25.5. The largest absolute Gasteiger partial charge is 0.493 e. The van der Waals surface area contributed by atoms with Crippen LogP contribution < -0.4 is 29.2 Å². The quantitative estimate of drug-likeness (QED) is 0.305. The summed E-state index contributed by atoms with van der Waals surface area (Å²) < 4.78 is 22.0. The number of benzene rings is 3. The Morgan fingerprint density at radius 3 is 2.21 bits per heavy atom. The minimum Gasteiger partial charge on any atom is -0.493 e. The number of rotatable bonds is 12. The molecular weight excluding hydrogens is 534 g/mol. The van der Waals surface area contributed by atoms with Crippen LogP contribution in [0.3, 0.4) is 0 Å². The first-order valence-corrected chi connectivity index (χ1v) is 14.1. The molecule has 1 aliphatic heterocycles. The molecule has 1 heterocycles. The standard InChI is InChI=1S/C33H41N3O6/c1-8-36(23-12-9-11-21(2)17-23)16-10-15-34-32(37)30-24-19-28(41-6)29(42-7)20-25(24)33(38)35(3)31(30)22-13-14-26(39-4)27(18-22)40-5/h9,11-14,17-20,30-31H,8,10,15-16H2,1-7H3,(H,34,37)/t30-,31-/m0/s1. The summed E-state index contributed by atoms with van der Waals surface area (Å²) >= 11 is 0. The Kier molecular flexibility index (Phi) is 9.83. The van der Waals surface area contributed by atoms with Crippen molar-refractivity contribution in [2.75, 3.05) is 60.0 Å². The van der Waals surface area contributed by atoms with Crippen LogP contribution >= 0.6 is 0 Å². The van der Waals surface area contributed by atoms with E-state index in [9.17, 15) is 9.59 Å². The van der Waals surface area contributed by atoms with Crippen LogP contribution in [0.5, 0.6) is 23.0 Å². The van der Waals surface area contributed by atoms with E-state index in [1.807, 2.05) is 12.1 Å². The first kappa shape index (κ1) is 30.6. The van der Waals surface area contributed by atoms with Gasteiger partial charge in [-0.2, -0.15) is 0 Å². The lowest BCUT2D eigenvalue weighted by Crippen LogP contribution is -2.46. The third-order valence-electron chi connectivity index (χ3n) is 7.86. The minimum absolute atomic E-state index is 0.179. The molecule has 0 bridgehead atoms. The molecule has 3 aromatic carbocycles. The van der Waals surface area contributed by atoms with Crippen molar-refractivity contribution >= 4 is 17.5 Å². The van der Waals surface area contributed by atoms with Gasteiger partial charge in [-0.15, -0.1) is 0 Å². The number of fused-ring (bicyclic) bond motifs is 1. The average molecular weight is 576 g/mol. The second-order valence-corrected chi connectivity index (χ2v) is 10.3. The van der Waals surface area contributed by atoms with Gasteiger partial charge in [-0.25, -0.2) is 0 Å². The molecule has 4 rings (SSSR count). The van der Waals surface area contributed by atoms with Gasteiger partial charge in [0.1, 0.15) is 0 Å². The number of methoxy groups -OCH3 is 4. The van der Waals surface area contributed by atoms with Crippen LogP contribution in [0.2, 0.25) is 0 Å². The summed E-state index contributed by atoms with van der Waals surface area (Å²) in [5, 5.41) is 3.16. The third kappa shape index (κ3) is 6.10. The molecule has 224 valence electrons. The Labute approximate surface area is 248 Å². The lowest BCUT2D eigenvalue weighted by molar-refractivity contribution is -0.124. The fourth-order valence-electron chi connectivity index (χ4n) is 5.67. The van der Waals surface area contributed by atoms with Crippen molar-refractivity contribution in [2.45, 2.75) is 32.2 Å². The van der Waals surface area contributed by atoms with Gasteiger partial charge in [0.15, 0.2) is 23.0 Å². The van der Waals surface area contributed by atoms with E-state index in [0.29, 0.717) is 40.7 Å². The molecule has 42 heavy (non-hydrogen) atoms. The van der Waals surface area contributed by atoms with Gasteiger partial charge in [-0.1, -0.05) is 18.2 Å². The van der Waals surface area contributed by atoms with Gasteiger partial charge >= 0.3 is 0 Å². The van der Waals surface area contributed by atoms with Gasteiger partial charge in [0, 0.05) is 37.9 Å². The number of likely N-dealkylation sites (N-methyl/N-ethyl adjacent to an activating group) is 1. The van der Waals surface area contributed by atoms with Crippen molar-refractivity contribution in [1.29, 1.82) is 0 Å². The van der Waals surface area contributed by atoms with E-state index in [4.69, 9.17) is 18.9 Å². The molecule has 9 nitrogen and oxygen atoms in total. The second-order valence-electron chi connectivity index (χ2n) is 10.3. The maximum atomic E-state index is 14.1. The summed E-state index contributed by atoms with van der Waals surface area (Å²) in [5.74, 6) is 0.857. The third-order valence-corrected chi connectivity index (χ3v) is 7.86. The fourth-order valence-corrected chi connectivity index (χ4v) is 5.67. The Hall–Kier alpha value is -4.40. The number of hydrogen-bond acceptors (Lipinski definition) is 7. The molecular formula is C33H41N3O6. The smallest absolute Gasteiger partial charge is 0.254 e. The van der Waals surface area contributed by atoms with Gasteiger partial charge in [0.05, 0.1) is 40.4 Å². The molecule has 1 N–H and O–H groups in total. The average Bonchev–Trinajstić information content (AvgIpc) is 3.01. The first-order valence-electron chi connectivity index (χ1n) is 14.1. The SMILES string of the molecule is CCN(CCCNC(=O)[C@H]1c2cc(OC)c(OC)cc2C(=O)N(C)[C@H]1c1ccc(OC)c(OC)c1)c1cccc(C)c1. The minimum atomic E-state index is -0.709. The Bertz CT molecular complexity index is 1420. The van der Waals surface area contributed by atoms with E-state index in [1.54, 1.807) is 44.4 Å². The van der Waals surface area contributed by atoms with Gasteiger partial charge in [-0.3, -0.25) is 9.59 Å². The highest BCUT2D eigenvalue weighted by molar-refractivity contribution is 6.02. The van der Waals surface area contributed by atoms with Crippen LogP contribution in [0.15, 0.2) is 54.6 Å². The normalized spacial score (nSPS) is 16.0. The lowest BCUT2D eigenvalue weighted by atomic mass is 9.79. The molecule has 0 aromatic heterocycles. The fraction of sp³-hybridized carbons (Fsp3) is 0.394. The molecule has 0 radical (unpaired) electrons. The summed E-state index contributed by atoms with van der Waals surface area (Å²) in [6.45, 7) is 6.35. The number of ether oxygens (including phenoxy) is 4. The van der Waals surface area contributed by atoms with Crippen molar-refractivity contribution in [3.8, 4) is 23.0 Å². The van der Waals surface area contributed by atoms with Crippen LogP contribution in [0.4, 0.5) is 5.69 Å². The van der Waals surface area contributed by atoms with Crippen LogP contribution in [0.25, 0.3) is 0 Å². The Morgan fingerprint density at radius 1 is 0.905 bits per heavy atom.